The minimum atomic E-state index is -3.78. The summed E-state index contributed by atoms with van der Waals surface area (Å²) >= 11 is 6.11. The summed E-state index contributed by atoms with van der Waals surface area (Å²) in [5, 5.41) is 3.76. The van der Waals surface area contributed by atoms with Crippen LogP contribution in [0.15, 0.2) is 84.9 Å². The molecule has 0 aliphatic heterocycles. The molecule has 0 bridgehead atoms. The second kappa shape index (κ2) is 13.8. The number of nitrogens with one attached hydrogen (secondary N) is 1. The largest absolute Gasteiger partial charge is 0.352 e. The van der Waals surface area contributed by atoms with Gasteiger partial charge < -0.3 is 10.2 Å². The number of halogens is 1. The van der Waals surface area contributed by atoms with Crippen LogP contribution in [0.5, 0.6) is 0 Å². The Hall–Kier alpha value is -3.36. The highest BCUT2D eigenvalue weighted by Gasteiger charge is 2.34. The molecule has 3 aromatic rings. The molecule has 0 spiro atoms. The van der Waals surface area contributed by atoms with E-state index in [1.54, 1.807) is 42.5 Å². The summed E-state index contributed by atoms with van der Waals surface area (Å²) in [6.07, 6.45) is 6.46. The number of para-hydroxylation sites is 1. The van der Waals surface area contributed by atoms with Crippen LogP contribution in [0.2, 0.25) is 5.02 Å². The van der Waals surface area contributed by atoms with Gasteiger partial charge in [-0.1, -0.05) is 91.5 Å². The molecule has 4 rings (SSSR count). The van der Waals surface area contributed by atoms with Gasteiger partial charge in [-0.3, -0.25) is 13.9 Å². The average molecular weight is 582 g/mol. The van der Waals surface area contributed by atoms with Crippen molar-refractivity contribution in [1.29, 1.82) is 0 Å². The van der Waals surface area contributed by atoms with Crippen molar-refractivity contribution < 1.29 is 18.0 Å². The van der Waals surface area contributed by atoms with Crippen molar-refractivity contribution >= 4 is 39.1 Å². The summed E-state index contributed by atoms with van der Waals surface area (Å²) in [4.78, 5) is 29.5. The first kappa shape index (κ1) is 29.6. The zero-order chi connectivity index (χ0) is 28.5. The summed E-state index contributed by atoms with van der Waals surface area (Å²) < 4.78 is 26.7. The molecule has 1 N–H and O–H groups in total. The normalized spacial score (nSPS) is 14.8. The maximum absolute atomic E-state index is 14.1. The molecule has 1 unspecified atom stereocenters. The van der Waals surface area contributed by atoms with Gasteiger partial charge in [0.2, 0.25) is 21.8 Å². The van der Waals surface area contributed by atoms with Crippen LogP contribution in [-0.2, 0) is 32.6 Å². The Morgan fingerprint density at radius 1 is 0.875 bits per heavy atom. The minimum Gasteiger partial charge on any atom is -0.352 e. The topological polar surface area (TPSA) is 86.8 Å². The fourth-order valence-corrected chi connectivity index (χ4v) is 6.07. The standard InChI is InChI=1S/C31H36ClN3O4S/c1-40(38,39)35(28-15-9-4-10-16-28)23-30(36)34(22-25-17-19-26(32)20-18-25)29(21-24-11-5-2-6-12-24)31(37)33-27-13-7-3-8-14-27/h2,4-6,9-12,15-20,27,29H,3,7-8,13-14,21-23H2,1H3,(H,33,37). The molecular weight excluding hydrogens is 546 g/mol. The number of sulfonamides is 1. The molecule has 9 heteroatoms. The van der Waals surface area contributed by atoms with Gasteiger partial charge in [0.05, 0.1) is 11.9 Å². The average Bonchev–Trinajstić information content (AvgIpc) is 2.95. The Morgan fingerprint density at radius 2 is 1.48 bits per heavy atom. The summed E-state index contributed by atoms with van der Waals surface area (Å²) in [5.41, 5.74) is 2.08. The van der Waals surface area contributed by atoms with Crippen LogP contribution in [0, 0.1) is 0 Å². The molecule has 0 radical (unpaired) electrons. The predicted octanol–water partition coefficient (Wildman–Crippen LogP) is 5.20. The van der Waals surface area contributed by atoms with Crippen molar-refractivity contribution in [2.45, 2.75) is 57.2 Å². The summed E-state index contributed by atoms with van der Waals surface area (Å²) in [5.74, 6) is -0.701. The van der Waals surface area contributed by atoms with E-state index in [0.29, 0.717) is 17.1 Å². The molecule has 1 aliphatic rings. The van der Waals surface area contributed by atoms with Crippen molar-refractivity contribution in [3.63, 3.8) is 0 Å². The minimum absolute atomic E-state index is 0.0591. The van der Waals surface area contributed by atoms with Crippen LogP contribution < -0.4 is 9.62 Å². The van der Waals surface area contributed by atoms with Crippen molar-refractivity contribution in [3.05, 3.63) is 101 Å². The first-order valence-corrected chi connectivity index (χ1v) is 15.8. The van der Waals surface area contributed by atoms with Crippen LogP contribution in [0.4, 0.5) is 5.69 Å². The molecule has 7 nitrogen and oxygen atoms in total. The quantitative estimate of drug-likeness (QED) is 0.337. The molecule has 2 amide bonds. The summed E-state index contributed by atoms with van der Waals surface area (Å²) in [6.45, 7) is -0.309. The number of carbonyl (C=O) groups is 2. The molecule has 1 aliphatic carbocycles. The van der Waals surface area contributed by atoms with E-state index in [0.717, 1.165) is 53.8 Å². The Morgan fingerprint density at radius 3 is 2.08 bits per heavy atom. The first-order valence-electron chi connectivity index (χ1n) is 13.6. The molecule has 1 atom stereocenters. The highest BCUT2D eigenvalue weighted by molar-refractivity contribution is 7.92. The number of hydrogen-bond donors (Lipinski definition) is 1. The van der Waals surface area contributed by atoms with Gasteiger partial charge in [-0.2, -0.15) is 0 Å². The maximum Gasteiger partial charge on any atom is 0.244 e. The van der Waals surface area contributed by atoms with E-state index in [1.165, 1.54) is 4.90 Å². The number of amides is 2. The van der Waals surface area contributed by atoms with Gasteiger partial charge in [-0.25, -0.2) is 8.42 Å². The predicted molar refractivity (Wildman–Crippen MR) is 160 cm³/mol. The Balaban J connectivity index is 1.70. The molecule has 3 aromatic carbocycles. The highest BCUT2D eigenvalue weighted by atomic mass is 35.5. The number of hydrogen-bond acceptors (Lipinski definition) is 4. The molecule has 0 heterocycles. The van der Waals surface area contributed by atoms with Crippen LogP contribution in [0.3, 0.4) is 0 Å². The highest BCUT2D eigenvalue weighted by Crippen LogP contribution is 2.22. The lowest BCUT2D eigenvalue weighted by molar-refractivity contribution is -0.140. The smallest absolute Gasteiger partial charge is 0.244 e. The van der Waals surface area contributed by atoms with Crippen molar-refractivity contribution in [2.75, 3.05) is 17.1 Å². The van der Waals surface area contributed by atoms with Crippen LogP contribution in [0.25, 0.3) is 0 Å². The zero-order valence-electron chi connectivity index (χ0n) is 22.7. The van der Waals surface area contributed by atoms with Gasteiger partial charge in [0.1, 0.15) is 12.6 Å². The number of carbonyl (C=O) groups excluding carboxylic acids is 2. The molecule has 0 saturated heterocycles. The van der Waals surface area contributed by atoms with Gasteiger partial charge in [0.15, 0.2) is 0 Å². The van der Waals surface area contributed by atoms with E-state index >= 15 is 0 Å². The lowest BCUT2D eigenvalue weighted by Crippen LogP contribution is -2.55. The molecule has 1 saturated carbocycles. The van der Waals surface area contributed by atoms with E-state index < -0.39 is 28.5 Å². The molecule has 212 valence electrons. The number of nitrogens with zero attached hydrogens (tertiary/aromatic N) is 2. The fourth-order valence-electron chi connectivity index (χ4n) is 5.09. The third-order valence-electron chi connectivity index (χ3n) is 7.21. The lowest BCUT2D eigenvalue weighted by atomic mass is 9.94. The monoisotopic (exact) mass is 581 g/mol. The summed E-state index contributed by atoms with van der Waals surface area (Å²) in [6, 6.07) is 24.4. The van der Waals surface area contributed by atoms with Gasteiger partial charge >= 0.3 is 0 Å². The zero-order valence-corrected chi connectivity index (χ0v) is 24.3. The SMILES string of the molecule is CS(=O)(=O)N(CC(=O)N(Cc1ccc(Cl)cc1)C(Cc1ccccc1)C(=O)NC1CCCCC1)c1ccccc1. The molecule has 0 aromatic heterocycles. The van der Waals surface area contributed by atoms with Crippen LogP contribution >= 0.6 is 11.6 Å². The molecular formula is C31H36ClN3O4S. The van der Waals surface area contributed by atoms with E-state index in [9.17, 15) is 18.0 Å². The lowest BCUT2D eigenvalue weighted by Gasteiger charge is -2.35. The van der Waals surface area contributed by atoms with Crippen LogP contribution in [0.1, 0.15) is 43.2 Å². The third-order valence-corrected chi connectivity index (χ3v) is 8.60. The van der Waals surface area contributed by atoms with Crippen molar-refractivity contribution in [1.82, 2.24) is 10.2 Å². The number of rotatable bonds is 11. The van der Waals surface area contributed by atoms with E-state index in [1.807, 2.05) is 42.5 Å². The summed E-state index contributed by atoms with van der Waals surface area (Å²) in [7, 11) is -3.78. The van der Waals surface area contributed by atoms with Crippen molar-refractivity contribution in [3.8, 4) is 0 Å². The second-order valence-corrected chi connectivity index (χ2v) is 12.6. The number of benzene rings is 3. The maximum atomic E-state index is 14.1. The van der Waals surface area contributed by atoms with Gasteiger partial charge in [-0.15, -0.1) is 0 Å². The Kier molecular flexibility index (Phi) is 10.2. The Labute approximate surface area is 242 Å². The fraction of sp³-hybridized carbons (Fsp3) is 0.355. The number of anilines is 1. The van der Waals surface area contributed by atoms with E-state index in [2.05, 4.69) is 5.32 Å². The molecule has 40 heavy (non-hydrogen) atoms. The Bertz CT molecular complexity index is 1360. The third kappa shape index (κ3) is 8.32. The second-order valence-electron chi connectivity index (χ2n) is 10.3. The first-order chi connectivity index (χ1) is 19.2. The van der Waals surface area contributed by atoms with Crippen molar-refractivity contribution in [2.24, 2.45) is 0 Å². The van der Waals surface area contributed by atoms with Gasteiger partial charge in [0, 0.05) is 24.0 Å². The van der Waals surface area contributed by atoms with Gasteiger partial charge in [0.25, 0.3) is 0 Å². The molecule has 1 fully saturated rings. The van der Waals surface area contributed by atoms with Crippen LogP contribution in [-0.4, -0.2) is 50.0 Å². The van der Waals surface area contributed by atoms with Gasteiger partial charge in [-0.05, 0) is 48.2 Å². The van der Waals surface area contributed by atoms with E-state index in [-0.39, 0.29) is 18.5 Å². The van der Waals surface area contributed by atoms with E-state index in [4.69, 9.17) is 11.6 Å².